The van der Waals surface area contributed by atoms with Gasteiger partial charge in [-0.3, -0.25) is 4.79 Å². The van der Waals surface area contributed by atoms with Crippen LogP contribution in [0.15, 0.2) is 60.7 Å². The van der Waals surface area contributed by atoms with Gasteiger partial charge in [-0.05, 0) is 11.1 Å². The lowest BCUT2D eigenvalue weighted by atomic mass is 9.91. The summed E-state index contributed by atoms with van der Waals surface area (Å²) in [6.07, 6.45) is 0. The van der Waals surface area contributed by atoms with Gasteiger partial charge < -0.3 is 5.73 Å². The van der Waals surface area contributed by atoms with Gasteiger partial charge in [0.25, 0.3) is 0 Å². The van der Waals surface area contributed by atoms with Crippen LogP contribution in [-0.2, 0) is 4.79 Å². The first-order valence-corrected chi connectivity index (χ1v) is 6.17. The third kappa shape index (κ3) is 2.71. The number of benzene rings is 2. The molecule has 0 saturated carbocycles. The zero-order valence-electron chi connectivity index (χ0n) is 9.79. The minimum atomic E-state index is -0.518. The van der Waals surface area contributed by atoms with Crippen LogP contribution in [-0.4, -0.2) is 5.91 Å². The highest BCUT2D eigenvalue weighted by Gasteiger charge is 2.27. The van der Waals surface area contributed by atoms with E-state index in [0.29, 0.717) is 0 Å². The van der Waals surface area contributed by atoms with Gasteiger partial charge >= 0.3 is 0 Å². The van der Waals surface area contributed by atoms with E-state index in [1.54, 1.807) is 0 Å². The number of hydrogen-bond acceptors (Lipinski definition) is 1. The van der Waals surface area contributed by atoms with Crippen molar-refractivity contribution in [1.82, 2.24) is 0 Å². The Bertz CT molecular complexity index is 513. The van der Waals surface area contributed by atoms with Crippen LogP contribution < -0.4 is 5.73 Å². The first-order chi connectivity index (χ1) is 8.70. The molecule has 0 aliphatic carbocycles. The van der Waals surface area contributed by atoms with Crippen molar-refractivity contribution < 1.29 is 4.79 Å². The molecule has 2 aromatic carbocycles. The number of carbonyl (C=O) groups is 1. The molecule has 92 valence electrons. The minimum absolute atomic E-state index is 0.412. The number of rotatable bonds is 4. The van der Waals surface area contributed by atoms with Gasteiger partial charge in [-0.2, -0.15) is 0 Å². The summed E-state index contributed by atoms with van der Waals surface area (Å²) in [6.45, 7) is 0. The maximum atomic E-state index is 11.7. The van der Waals surface area contributed by atoms with Crippen LogP contribution in [0.2, 0.25) is 0 Å². The van der Waals surface area contributed by atoms with Crippen LogP contribution >= 0.6 is 11.6 Å². The zero-order valence-corrected chi connectivity index (χ0v) is 10.5. The molecule has 0 heterocycles. The Morgan fingerprint density at radius 1 is 0.889 bits per heavy atom. The normalized spacial score (nSPS) is 13.8. The van der Waals surface area contributed by atoms with Gasteiger partial charge in [0.2, 0.25) is 5.91 Å². The predicted octanol–water partition coefficient (Wildman–Crippen LogP) is 3.24. The quantitative estimate of drug-likeness (QED) is 0.842. The summed E-state index contributed by atoms with van der Waals surface area (Å²) in [5.74, 6) is -0.930. The monoisotopic (exact) mass is 259 g/mol. The molecule has 0 spiro atoms. The third-order valence-electron chi connectivity index (χ3n) is 2.88. The maximum absolute atomic E-state index is 11.7. The first-order valence-electron chi connectivity index (χ1n) is 5.73. The average molecular weight is 260 g/mol. The van der Waals surface area contributed by atoms with Crippen molar-refractivity contribution >= 4 is 17.5 Å². The SMILES string of the molecule is NC(=O)[C@@H](c1ccccc1)[C@H](Cl)c1ccccc1. The Kier molecular flexibility index (Phi) is 4.00. The molecule has 0 aromatic heterocycles. The Balaban J connectivity index is 2.35. The predicted molar refractivity (Wildman–Crippen MR) is 73.4 cm³/mol. The summed E-state index contributed by atoms with van der Waals surface area (Å²) in [5.41, 5.74) is 7.22. The molecular formula is C15H14ClNO. The second-order valence-electron chi connectivity index (χ2n) is 4.10. The van der Waals surface area contributed by atoms with E-state index in [0.717, 1.165) is 11.1 Å². The van der Waals surface area contributed by atoms with Crippen LogP contribution in [0.4, 0.5) is 0 Å². The third-order valence-corrected chi connectivity index (χ3v) is 3.38. The van der Waals surface area contributed by atoms with Crippen molar-refractivity contribution in [2.45, 2.75) is 11.3 Å². The van der Waals surface area contributed by atoms with E-state index in [1.165, 1.54) is 0 Å². The Labute approximate surface area is 111 Å². The molecule has 0 radical (unpaired) electrons. The molecule has 3 heteroatoms. The van der Waals surface area contributed by atoms with E-state index in [-0.39, 0.29) is 0 Å². The highest BCUT2D eigenvalue weighted by atomic mass is 35.5. The fraction of sp³-hybridized carbons (Fsp3) is 0.133. The summed E-state index contributed by atoms with van der Waals surface area (Å²) in [4.78, 5) is 11.7. The molecule has 0 fully saturated rings. The minimum Gasteiger partial charge on any atom is -0.369 e. The molecule has 0 saturated heterocycles. The van der Waals surface area contributed by atoms with Crippen molar-refractivity contribution in [3.05, 3.63) is 71.8 Å². The largest absolute Gasteiger partial charge is 0.369 e. The molecule has 2 nitrogen and oxygen atoms in total. The molecule has 2 aromatic rings. The number of halogens is 1. The number of carbonyl (C=O) groups excluding carboxylic acids is 1. The smallest absolute Gasteiger partial charge is 0.226 e. The molecule has 0 unspecified atom stereocenters. The summed E-state index contributed by atoms with van der Waals surface area (Å²) in [5, 5.41) is -0.453. The molecular weight excluding hydrogens is 246 g/mol. The number of alkyl halides is 1. The van der Waals surface area contributed by atoms with Crippen molar-refractivity contribution in [2.24, 2.45) is 5.73 Å². The fourth-order valence-electron chi connectivity index (χ4n) is 1.97. The van der Waals surface area contributed by atoms with Crippen molar-refractivity contribution in [3.8, 4) is 0 Å². The highest BCUT2D eigenvalue weighted by Crippen LogP contribution is 2.35. The molecule has 0 aliphatic heterocycles. The van der Waals surface area contributed by atoms with Gasteiger partial charge in [0.15, 0.2) is 0 Å². The molecule has 0 bridgehead atoms. The van der Waals surface area contributed by atoms with E-state index in [4.69, 9.17) is 17.3 Å². The lowest BCUT2D eigenvalue weighted by molar-refractivity contribution is -0.119. The number of primary amides is 1. The topological polar surface area (TPSA) is 43.1 Å². The average Bonchev–Trinajstić information content (AvgIpc) is 2.40. The Morgan fingerprint density at radius 3 is 1.78 bits per heavy atom. The first kappa shape index (κ1) is 12.7. The van der Waals surface area contributed by atoms with E-state index in [9.17, 15) is 4.79 Å². The summed E-state index contributed by atoms with van der Waals surface area (Å²) in [6, 6.07) is 18.9. The van der Waals surface area contributed by atoms with Gasteiger partial charge in [0.1, 0.15) is 0 Å². The number of hydrogen-bond donors (Lipinski definition) is 1. The molecule has 0 aliphatic rings. The highest BCUT2D eigenvalue weighted by molar-refractivity contribution is 6.23. The van der Waals surface area contributed by atoms with Gasteiger partial charge in [0.05, 0.1) is 11.3 Å². The molecule has 18 heavy (non-hydrogen) atoms. The number of amides is 1. The van der Waals surface area contributed by atoms with E-state index >= 15 is 0 Å². The van der Waals surface area contributed by atoms with Crippen molar-refractivity contribution in [3.63, 3.8) is 0 Å². The van der Waals surface area contributed by atoms with Crippen LogP contribution in [0, 0.1) is 0 Å². The lowest BCUT2D eigenvalue weighted by Crippen LogP contribution is -2.24. The Hall–Kier alpha value is -1.80. The van der Waals surface area contributed by atoms with Crippen LogP contribution in [0.5, 0.6) is 0 Å². The van der Waals surface area contributed by atoms with Gasteiger partial charge in [-0.15, -0.1) is 11.6 Å². The summed E-state index contributed by atoms with van der Waals surface area (Å²) >= 11 is 6.40. The van der Waals surface area contributed by atoms with E-state index < -0.39 is 17.2 Å². The van der Waals surface area contributed by atoms with Crippen LogP contribution in [0.25, 0.3) is 0 Å². The zero-order chi connectivity index (χ0) is 13.0. The molecule has 1 amide bonds. The second kappa shape index (κ2) is 5.69. The van der Waals surface area contributed by atoms with Crippen LogP contribution in [0.3, 0.4) is 0 Å². The standard InChI is InChI=1S/C15H14ClNO/c16-14(12-9-5-2-6-10-12)13(15(17)18)11-7-3-1-4-8-11/h1-10,13-14H,(H2,17,18)/t13-,14+/m0/s1. The Morgan fingerprint density at radius 2 is 1.33 bits per heavy atom. The fourth-order valence-corrected chi connectivity index (χ4v) is 2.38. The number of nitrogens with two attached hydrogens (primary N) is 1. The molecule has 2 atom stereocenters. The molecule has 2 N–H and O–H groups in total. The van der Waals surface area contributed by atoms with E-state index in [1.807, 2.05) is 60.7 Å². The summed E-state index contributed by atoms with van der Waals surface area (Å²) in [7, 11) is 0. The van der Waals surface area contributed by atoms with Crippen molar-refractivity contribution in [2.75, 3.05) is 0 Å². The van der Waals surface area contributed by atoms with Crippen molar-refractivity contribution in [1.29, 1.82) is 0 Å². The van der Waals surface area contributed by atoms with Crippen LogP contribution in [0.1, 0.15) is 22.4 Å². The maximum Gasteiger partial charge on any atom is 0.226 e. The van der Waals surface area contributed by atoms with Gasteiger partial charge in [-0.1, -0.05) is 60.7 Å². The second-order valence-corrected chi connectivity index (χ2v) is 4.57. The summed E-state index contributed by atoms with van der Waals surface area (Å²) < 4.78 is 0. The lowest BCUT2D eigenvalue weighted by Gasteiger charge is -2.20. The van der Waals surface area contributed by atoms with Gasteiger partial charge in [-0.25, -0.2) is 0 Å². The van der Waals surface area contributed by atoms with E-state index in [2.05, 4.69) is 0 Å². The molecule has 2 rings (SSSR count). The van der Waals surface area contributed by atoms with Gasteiger partial charge in [0, 0.05) is 0 Å².